The highest BCUT2D eigenvalue weighted by molar-refractivity contribution is 8.13. The Morgan fingerprint density at radius 1 is 1.50 bits per heavy atom. The molecule has 0 spiro atoms. The van der Waals surface area contributed by atoms with Gasteiger partial charge in [-0.25, -0.2) is 8.42 Å². The van der Waals surface area contributed by atoms with Crippen LogP contribution >= 0.6 is 10.7 Å². The van der Waals surface area contributed by atoms with Crippen LogP contribution in [0.2, 0.25) is 0 Å². The lowest BCUT2D eigenvalue weighted by molar-refractivity contribution is 0.0935. The number of nitrogens with zero attached hydrogens (tertiary/aromatic N) is 1. The Kier molecular flexibility index (Phi) is 4.11. The number of aryl methyl sites for hydroxylation is 1. The van der Waals surface area contributed by atoms with E-state index in [-0.39, 0.29) is 21.7 Å². The SMILES string of the molecule is CCCC1(CNC(=O)c2n[nH]c(C)c2S(=O)(=O)Cl)CC1. The Morgan fingerprint density at radius 2 is 2.15 bits per heavy atom. The molecular weight excluding hydrogens is 302 g/mol. The molecule has 0 atom stereocenters. The number of carbonyl (C=O) groups excluding carboxylic acids is 1. The summed E-state index contributed by atoms with van der Waals surface area (Å²) in [7, 11) is 1.34. The third-order valence-electron chi connectivity index (χ3n) is 3.71. The Morgan fingerprint density at radius 3 is 2.65 bits per heavy atom. The number of rotatable bonds is 6. The van der Waals surface area contributed by atoms with Gasteiger partial charge in [-0.3, -0.25) is 9.89 Å². The minimum absolute atomic E-state index is 0.162. The topological polar surface area (TPSA) is 91.9 Å². The Hall–Kier alpha value is -1.08. The first-order valence-electron chi connectivity index (χ1n) is 6.57. The molecule has 0 aliphatic heterocycles. The Balaban J connectivity index is 2.11. The van der Waals surface area contributed by atoms with E-state index in [4.69, 9.17) is 10.7 Å². The van der Waals surface area contributed by atoms with E-state index in [0.717, 1.165) is 25.7 Å². The molecule has 1 fully saturated rings. The number of nitrogens with one attached hydrogen (secondary N) is 2. The second-order valence-electron chi connectivity index (χ2n) is 5.40. The molecule has 1 aliphatic rings. The summed E-state index contributed by atoms with van der Waals surface area (Å²) in [6.07, 6.45) is 4.33. The predicted molar refractivity (Wildman–Crippen MR) is 75.3 cm³/mol. The summed E-state index contributed by atoms with van der Waals surface area (Å²) in [5.74, 6) is -0.504. The van der Waals surface area contributed by atoms with Crippen LogP contribution in [0, 0.1) is 12.3 Å². The Labute approximate surface area is 122 Å². The number of H-pyrrole nitrogens is 1. The molecular formula is C12H18ClN3O3S. The lowest BCUT2D eigenvalue weighted by Crippen LogP contribution is -2.31. The molecule has 0 aromatic carbocycles. The maximum absolute atomic E-state index is 12.1. The van der Waals surface area contributed by atoms with Crippen molar-refractivity contribution in [1.82, 2.24) is 15.5 Å². The second kappa shape index (κ2) is 5.37. The van der Waals surface area contributed by atoms with Crippen LogP contribution in [-0.2, 0) is 9.05 Å². The molecule has 20 heavy (non-hydrogen) atoms. The van der Waals surface area contributed by atoms with E-state index in [2.05, 4.69) is 22.4 Å². The third kappa shape index (κ3) is 3.15. The lowest BCUT2D eigenvalue weighted by Gasteiger charge is -2.14. The summed E-state index contributed by atoms with van der Waals surface area (Å²) in [5.41, 5.74) is 0.292. The number of amides is 1. The first-order valence-corrected chi connectivity index (χ1v) is 8.88. The van der Waals surface area contributed by atoms with E-state index in [1.54, 1.807) is 0 Å². The maximum Gasteiger partial charge on any atom is 0.273 e. The van der Waals surface area contributed by atoms with Crippen molar-refractivity contribution in [3.8, 4) is 0 Å². The quantitative estimate of drug-likeness (QED) is 0.784. The van der Waals surface area contributed by atoms with Gasteiger partial charge in [0.25, 0.3) is 15.0 Å². The van der Waals surface area contributed by atoms with E-state index >= 15 is 0 Å². The van der Waals surface area contributed by atoms with Crippen molar-refractivity contribution in [2.45, 2.75) is 44.4 Å². The molecule has 112 valence electrons. The van der Waals surface area contributed by atoms with Crippen molar-refractivity contribution >= 4 is 25.6 Å². The summed E-state index contributed by atoms with van der Waals surface area (Å²) in [5, 5.41) is 9.00. The average molecular weight is 320 g/mol. The molecule has 1 aliphatic carbocycles. The molecule has 1 aromatic rings. The van der Waals surface area contributed by atoms with E-state index in [0.29, 0.717) is 6.54 Å². The molecule has 1 saturated carbocycles. The van der Waals surface area contributed by atoms with Crippen molar-refractivity contribution < 1.29 is 13.2 Å². The number of aromatic amines is 1. The molecule has 1 heterocycles. The van der Waals surface area contributed by atoms with Crippen LogP contribution in [0.5, 0.6) is 0 Å². The van der Waals surface area contributed by atoms with Crippen LogP contribution in [0.25, 0.3) is 0 Å². The number of carbonyl (C=O) groups is 1. The van der Waals surface area contributed by atoms with Gasteiger partial charge in [0.1, 0.15) is 4.90 Å². The van der Waals surface area contributed by atoms with Crippen LogP contribution in [-0.4, -0.2) is 31.1 Å². The fourth-order valence-electron chi connectivity index (χ4n) is 2.44. The van der Waals surface area contributed by atoms with Gasteiger partial charge in [-0.15, -0.1) is 0 Å². The van der Waals surface area contributed by atoms with Crippen molar-refractivity contribution in [2.24, 2.45) is 5.41 Å². The zero-order valence-electron chi connectivity index (χ0n) is 11.5. The fraction of sp³-hybridized carbons (Fsp3) is 0.667. The second-order valence-corrected chi connectivity index (χ2v) is 7.90. The lowest BCUT2D eigenvalue weighted by atomic mass is 10.0. The summed E-state index contributed by atoms with van der Waals surface area (Å²) in [4.78, 5) is 11.8. The number of aromatic nitrogens is 2. The summed E-state index contributed by atoms with van der Waals surface area (Å²) >= 11 is 0. The van der Waals surface area contributed by atoms with Crippen molar-refractivity contribution in [3.63, 3.8) is 0 Å². The molecule has 0 radical (unpaired) electrons. The predicted octanol–water partition coefficient (Wildman–Crippen LogP) is 1.96. The molecule has 0 unspecified atom stereocenters. The van der Waals surface area contributed by atoms with Crippen molar-refractivity contribution in [2.75, 3.05) is 6.54 Å². The minimum Gasteiger partial charge on any atom is -0.350 e. The van der Waals surface area contributed by atoms with Crippen molar-refractivity contribution in [3.05, 3.63) is 11.4 Å². The highest BCUT2D eigenvalue weighted by atomic mass is 35.7. The molecule has 1 aromatic heterocycles. The largest absolute Gasteiger partial charge is 0.350 e. The molecule has 6 nitrogen and oxygen atoms in total. The van der Waals surface area contributed by atoms with Crippen LogP contribution in [0.3, 0.4) is 0 Å². The average Bonchev–Trinajstić information content (AvgIpc) is 2.99. The first-order chi connectivity index (χ1) is 9.29. The van der Waals surface area contributed by atoms with Crippen LogP contribution in [0.4, 0.5) is 0 Å². The minimum atomic E-state index is -4.00. The Bertz CT molecular complexity index is 620. The van der Waals surface area contributed by atoms with Gasteiger partial charge in [0, 0.05) is 17.2 Å². The zero-order valence-corrected chi connectivity index (χ0v) is 13.1. The van der Waals surface area contributed by atoms with Gasteiger partial charge in [-0.1, -0.05) is 13.3 Å². The van der Waals surface area contributed by atoms with Gasteiger partial charge in [0.15, 0.2) is 5.69 Å². The van der Waals surface area contributed by atoms with Gasteiger partial charge in [0.2, 0.25) is 0 Å². The van der Waals surface area contributed by atoms with E-state index in [1.165, 1.54) is 6.92 Å². The fourth-order valence-corrected chi connectivity index (χ4v) is 3.79. The highest BCUT2D eigenvalue weighted by Crippen LogP contribution is 2.48. The molecule has 2 N–H and O–H groups in total. The van der Waals surface area contributed by atoms with E-state index < -0.39 is 15.0 Å². The highest BCUT2D eigenvalue weighted by Gasteiger charge is 2.41. The molecule has 1 amide bonds. The maximum atomic E-state index is 12.1. The summed E-state index contributed by atoms with van der Waals surface area (Å²) in [6, 6.07) is 0. The van der Waals surface area contributed by atoms with Gasteiger partial charge in [-0.05, 0) is 31.6 Å². The van der Waals surface area contributed by atoms with Crippen LogP contribution in [0.1, 0.15) is 48.8 Å². The van der Waals surface area contributed by atoms with Crippen LogP contribution in [0.15, 0.2) is 4.90 Å². The van der Waals surface area contributed by atoms with Crippen molar-refractivity contribution in [1.29, 1.82) is 0 Å². The van der Waals surface area contributed by atoms with Gasteiger partial charge in [-0.2, -0.15) is 5.10 Å². The smallest absolute Gasteiger partial charge is 0.273 e. The number of halogens is 1. The summed E-state index contributed by atoms with van der Waals surface area (Å²) in [6.45, 7) is 4.17. The third-order valence-corrected chi connectivity index (χ3v) is 5.16. The van der Waals surface area contributed by atoms with E-state index in [9.17, 15) is 13.2 Å². The molecule has 2 rings (SSSR count). The standard InChI is InChI=1S/C12H18ClN3O3S/c1-3-4-12(5-6-12)7-14-11(17)9-10(20(13,18)19)8(2)15-16-9/h3-7H2,1-2H3,(H,14,17)(H,15,16). The normalized spacial score (nSPS) is 16.9. The first kappa shape index (κ1) is 15.3. The zero-order chi connectivity index (χ0) is 15.0. The molecule has 0 saturated heterocycles. The number of hydrogen-bond acceptors (Lipinski definition) is 4. The molecule has 0 bridgehead atoms. The summed E-state index contributed by atoms with van der Waals surface area (Å²) < 4.78 is 23.0. The monoisotopic (exact) mass is 319 g/mol. The van der Waals surface area contributed by atoms with Gasteiger partial charge < -0.3 is 5.32 Å². The van der Waals surface area contributed by atoms with Gasteiger partial charge >= 0.3 is 0 Å². The van der Waals surface area contributed by atoms with E-state index in [1.807, 2.05) is 0 Å². The van der Waals surface area contributed by atoms with Gasteiger partial charge in [0.05, 0.1) is 5.69 Å². The van der Waals surface area contributed by atoms with Crippen LogP contribution < -0.4 is 5.32 Å². The molecule has 8 heteroatoms. The number of hydrogen-bond donors (Lipinski definition) is 2.